The third-order valence-electron chi connectivity index (χ3n) is 1.24. The van der Waals surface area contributed by atoms with Crippen molar-refractivity contribution in [2.24, 2.45) is 0 Å². The topological polar surface area (TPSA) is 50.2 Å². The summed E-state index contributed by atoms with van der Waals surface area (Å²) in [5, 5.41) is 8.74. The fourth-order valence-electron chi connectivity index (χ4n) is 0.692. The van der Waals surface area contributed by atoms with Gasteiger partial charge in [0.05, 0.1) is 5.02 Å². The van der Waals surface area contributed by atoms with E-state index in [-0.39, 0.29) is 6.42 Å². The van der Waals surface area contributed by atoms with Gasteiger partial charge in [-0.25, -0.2) is 0 Å². The van der Waals surface area contributed by atoms with Gasteiger partial charge in [-0.3, -0.25) is 9.78 Å². The number of pyridine rings is 1. The Morgan fingerprint density at radius 3 is 3.08 bits per heavy atom. The molecule has 0 aliphatic carbocycles. The molecule has 1 N–H and O–H groups in total. The molecule has 4 heteroatoms. The standard InChI is InChI=1S/C9H6ClNO2/c10-8-6-11-5-4-7(8)2-1-3-9(12)13/h4-6H,3H2,(H,12,13). The summed E-state index contributed by atoms with van der Waals surface area (Å²) in [6, 6.07) is 1.64. The second-order valence-electron chi connectivity index (χ2n) is 2.23. The van der Waals surface area contributed by atoms with Crippen molar-refractivity contribution in [2.45, 2.75) is 6.42 Å². The molecule has 13 heavy (non-hydrogen) atoms. The highest BCUT2D eigenvalue weighted by Crippen LogP contribution is 2.11. The third kappa shape index (κ3) is 3.14. The second-order valence-corrected chi connectivity index (χ2v) is 2.64. The first-order chi connectivity index (χ1) is 6.20. The zero-order valence-electron chi connectivity index (χ0n) is 6.62. The highest BCUT2D eigenvalue weighted by molar-refractivity contribution is 6.31. The van der Waals surface area contributed by atoms with Gasteiger partial charge in [0, 0.05) is 18.0 Å². The van der Waals surface area contributed by atoms with Gasteiger partial charge in [0.2, 0.25) is 0 Å². The molecule has 66 valence electrons. The van der Waals surface area contributed by atoms with E-state index in [4.69, 9.17) is 16.7 Å². The Hall–Kier alpha value is -1.53. The summed E-state index contributed by atoms with van der Waals surface area (Å²) < 4.78 is 0. The Labute approximate surface area is 80.4 Å². The normalized spacial score (nSPS) is 8.69. The van der Waals surface area contributed by atoms with Gasteiger partial charge < -0.3 is 5.11 Å². The van der Waals surface area contributed by atoms with Gasteiger partial charge in [-0.15, -0.1) is 0 Å². The summed E-state index contributed by atoms with van der Waals surface area (Å²) in [5.41, 5.74) is 0.595. The minimum Gasteiger partial charge on any atom is -0.481 e. The van der Waals surface area contributed by atoms with E-state index in [1.807, 2.05) is 0 Å². The summed E-state index contributed by atoms with van der Waals surface area (Å²) in [4.78, 5) is 13.9. The first-order valence-electron chi connectivity index (χ1n) is 3.50. The number of carbonyl (C=O) groups is 1. The van der Waals surface area contributed by atoms with Crippen LogP contribution in [0.15, 0.2) is 18.5 Å². The van der Waals surface area contributed by atoms with E-state index in [9.17, 15) is 4.79 Å². The van der Waals surface area contributed by atoms with E-state index in [0.29, 0.717) is 10.6 Å². The molecular weight excluding hydrogens is 190 g/mol. The average molecular weight is 196 g/mol. The van der Waals surface area contributed by atoms with Gasteiger partial charge in [0.25, 0.3) is 0 Å². The number of aliphatic carboxylic acids is 1. The van der Waals surface area contributed by atoms with Crippen LogP contribution in [0.5, 0.6) is 0 Å². The molecule has 0 spiro atoms. The van der Waals surface area contributed by atoms with E-state index in [1.54, 1.807) is 12.3 Å². The Bertz CT molecular complexity index is 379. The van der Waals surface area contributed by atoms with Crippen molar-refractivity contribution in [3.8, 4) is 11.8 Å². The first-order valence-corrected chi connectivity index (χ1v) is 3.88. The zero-order valence-corrected chi connectivity index (χ0v) is 7.38. The maximum Gasteiger partial charge on any atom is 0.315 e. The summed E-state index contributed by atoms with van der Waals surface area (Å²) in [6.45, 7) is 0. The number of carboxylic acid groups (broad SMARTS) is 1. The SMILES string of the molecule is O=C(O)CC#Cc1ccncc1Cl. The van der Waals surface area contributed by atoms with Crippen LogP contribution in [0.3, 0.4) is 0 Å². The van der Waals surface area contributed by atoms with Crippen LogP contribution in [-0.4, -0.2) is 16.1 Å². The lowest BCUT2D eigenvalue weighted by Gasteiger charge is -1.91. The molecule has 0 saturated heterocycles. The largest absolute Gasteiger partial charge is 0.481 e. The van der Waals surface area contributed by atoms with Crippen LogP contribution in [0.2, 0.25) is 5.02 Å². The number of aromatic nitrogens is 1. The van der Waals surface area contributed by atoms with Gasteiger partial charge >= 0.3 is 5.97 Å². The molecule has 1 aromatic rings. The van der Waals surface area contributed by atoms with Crippen molar-refractivity contribution in [3.63, 3.8) is 0 Å². The number of nitrogens with zero attached hydrogens (tertiary/aromatic N) is 1. The summed E-state index contributed by atoms with van der Waals surface area (Å²) in [7, 11) is 0. The molecule has 1 heterocycles. The fourth-order valence-corrected chi connectivity index (χ4v) is 0.858. The Morgan fingerprint density at radius 1 is 1.69 bits per heavy atom. The van der Waals surface area contributed by atoms with Crippen LogP contribution in [0.25, 0.3) is 0 Å². The van der Waals surface area contributed by atoms with Crippen LogP contribution >= 0.6 is 11.6 Å². The molecule has 0 aliphatic rings. The third-order valence-corrected chi connectivity index (χ3v) is 1.54. The Balaban J connectivity index is 2.77. The second kappa shape index (κ2) is 4.48. The van der Waals surface area contributed by atoms with Gasteiger partial charge in [0.1, 0.15) is 6.42 Å². The molecule has 0 aliphatic heterocycles. The minimum absolute atomic E-state index is 0.182. The predicted octanol–water partition coefficient (Wildman–Crippen LogP) is 1.56. The van der Waals surface area contributed by atoms with Crippen LogP contribution in [-0.2, 0) is 4.79 Å². The molecule has 0 aromatic carbocycles. The van der Waals surface area contributed by atoms with Gasteiger partial charge in [0.15, 0.2) is 0 Å². The van der Waals surface area contributed by atoms with Crippen molar-refractivity contribution in [1.82, 2.24) is 4.98 Å². The average Bonchev–Trinajstić information content (AvgIpc) is 2.08. The molecule has 0 saturated carbocycles. The monoisotopic (exact) mass is 195 g/mol. The highest BCUT2D eigenvalue weighted by atomic mass is 35.5. The quantitative estimate of drug-likeness (QED) is 0.692. The molecule has 3 nitrogen and oxygen atoms in total. The Morgan fingerprint density at radius 2 is 2.46 bits per heavy atom. The van der Waals surface area contributed by atoms with Crippen LogP contribution < -0.4 is 0 Å². The lowest BCUT2D eigenvalue weighted by Crippen LogP contribution is -1.90. The molecule has 0 bridgehead atoms. The molecule has 0 fully saturated rings. The lowest BCUT2D eigenvalue weighted by atomic mass is 10.2. The van der Waals surface area contributed by atoms with Crippen molar-refractivity contribution >= 4 is 17.6 Å². The van der Waals surface area contributed by atoms with E-state index in [2.05, 4.69) is 16.8 Å². The van der Waals surface area contributed by atoms with Crippen molar-refractivity contribution in [1.29, 1.82) is 0 Å². The molecule has 0 unspecified atom stereocenters. The molecule has 0 radical (unpaired) electrons. The van der Waals surface area contributed by atoms with Crippen molar-refractivity contribution in [3.05, 3.63) is 29.0 Å². The zero-order chi connectivity index (χ0) is 9.68. The number of carboxylic acids is 1. The molecule has 1 aromatic heterocycles. The smallest absolute Gasteiger partial charge is 0.315 e. The molecule has 1 rings (SSSR count). The number of rotatable bonds is 1. The van der Waals surface area contributed by atoms with Crippen LogP contribution in [0.4, 0.5) is 0 Å². The maximum absolute atomic E-state index is 10.1. The molecular formula is C9H6ClNO2. The number of hydrogen-bond donors (Lipinski definition) is 1. The van der Waals surface area contributed by atoms with E-state index >= 15 is 0 Å². The van der Waals surface area contributed by atoms with Gasteiger partial charge in [-0.1, -0.05) is 23.4 Å². The fraction of sp³-hybridized carbons (Fsp3) is 0.111. The number of hydrogen-bond acceptors (Lipinski definition) is 2. The summed E-state index contributed by atoms with van der Waals surface area (Å²) >= 11 is 5.73. The minimum atomic E-state index is -0.947. The number of halogens is 1. The maximum atomic E-state index is 10.1. The molecule has 0 atom stereocenters. The van der Waals surface area contributed by atoms with E-state index in [1.165, 1.54) is 6.20 Å². The Kier molecular flexibility index (Phi) is 3.30. The van der Waals surface area contributed by atoms with Gasteiger partial charge in [-0.2, -0.15) is 0 Å². The van der Waals surface area contributed by atoms with Crippen molar-refractivity contribution < 1.29 is 9.90 Å². The van der Waals surface area contributed by atoms with Crippen LogP contribution in [0.1, 0.15) is 12.0 Å². The summed E-state index contributed by atoms with van der Waals surface area (Å²) in [6.07, 6.45) is 2.83. The first kappa shape index (κ1) is 9.56. The lowest BCUT2D eigenvalue weighted by molar-refractivity contribution is -0.135. The van der Waals surface area contributed by atoms with Gasteiger partial charge in [-0.05, 0) is 6.07 Å². The van der Waals surface area contributed by atoms with E-state index in [0.717, 1.165) is 0 Å². The summed E-state index contributed by atoms with van der Waals surface area (Å²) in [5.74, 6) is 4.18. The van der Waals surface area contributed by atoms with Crippen molar-refractivity contribution in [2.75, 3.05) is 0 Å². The molecule has 0 amide bonds. The van der Waals surface area contributed by atoms with Crippen LogP contribution in [0, 0.1) is 11.8 Å². The van der Waals surface area contributed by atoms with E-state index < -0.39 is 5.97 Å². The predicted molar refractivity (Wildman–Crippen MR) is 48.4 cm³/mol. The highest BCUT2D eigenvalue weighted by Gasteiger charge is 1.94.